The summed E-state index contributed by atoms with van der Waals surface area (Å²) in [5.41, 5.74) is 2.05. The van der Waals surface area contributed by atoms with Gasteiger partial charge in [-0.1, -0.05) is 78.7 Å². The fraction of sp³-hybridized carbons (Fsp3) is 0.296. The van der Waals surface area contributed by atoms with Crippen molar-refractivity contribution in [1.82, 2.24) is 4.57 Å². The molecule has 0 unspecified atom stereocenters. The van der Waals surface area contributed by atoms with Crippen LogP contribution < -0.4 is 19.6 Å². The first-order valence-corrected chi connectivity index (χ1v) is 13.2. The average Bonchev–Trinajstić information content (AvgIpc) is 3.19. The van der Waals surface area contributed by atoms with E-state index in [0.717, 1.165) is 12.0 Å². The van der Waals surface area contributed by atoms with Crippen molar-refractivity contribution in [3.63, 3.8) is 0 Å². The highest BCUT2D eigenvalue weighted by molar-refractivity contribution is 7.07. The van der Waals surface area contributed by atoms with Crippen LogP contribution in [0.1, 0.15) is 50.8 Å². The third-order valence-electron chi connectivity index (χ3n) is 5.98. The van der Waals surface area contributed by atoms with E-state index in [1.54, 1.807) is 22.8 Å². The molecule has 36 heavy (non-hydrogen) atoms. The minimum Gasteiger partial charge on any atom is -0.489 e. The molecule has 0 radical (unpaired) electrons. The van der Waals surface area contributed by atoms with Gasteiger partial charge in [0.15, 0.2) is 4.80 Å². The van der Waals surface area contributed by atoms with Crippen molar-refractivity contribution in [1.29, 1.82) is 0 Å². The number of allylic oxidation sites excluding steroid dienone is 1. The minimum atomic E-state index is -0.661. The molecular weight excluding hydrogens is 519 g/mol. The number of hydrogen-bond acceptors (Lipinski definition) is 6. The maximum Gasteiger partial charge on any atom is 0.338 e. The van der Waals surface area contributed by atoms with Gasteiger partial charge in [-0.05, 0) is 43.5 Å². The van der Waals surface area contributed by atoms with E-state index < -0.39 is 12.0 Å². The molecule has 0 saturated heterocycles. The van der Waals surface area contributed by atoms with E-state index in [1.807, 2.05) is 51.1 Å². The second-order valence-corrected chi connectivity index (χ2v) is 10.2. The van der Waals surface area contributed by atoms with Crippen LogP contribution in [0.4, 0.5) is 0 Å². The van der Waals surface area contributed by atoms with Crippen LogP contribution in [0.15, 0.2) is 63.5 Å². The number of thiazole rings is 1. The van der Waals surface area contributed by atoms with E-state index in [1.165, 1.54) is 18.4 Å². The number of benzene rings is 2. The first-order valence-electron chi connectivity index (χ1n) is 11.6. The highest BCUT2D eigenvalue weighted by atomic mass is 35.5. The van der Waals surface area contributed by atoms with Gasteiger partial charge in [0.25, 0.3) is 5.56 Å². The van der Waals surface area contributed by atoms with Crippen molar-refractivity contribution in [2.75, 3.05) is 7.11 Å². The van der Waals surface area contributed by atoms with Crippen molar-refractivity contribution in [2.24, 2.45) is 4.99 Å². The molecule has 0 amide bonds. The lowest BCUT2D eigenvalue weighted by molar-refractivity contribution is -0.136. The number of fused-ring (bicyclic) bond motifs is 1. The summed E-state index contributed by atoms with van der Waals surface area (Å²) in [6.07, 6.45) is 2.93. The number of ether oxygens (including phenoxy) is 2. The zero-order valence-corrected chi connectivity index (χ0v) is 22.7. The summed E-state index contributed by atoms with van der Waals surface area (Å²) in [4.78, 5) is 31.9. The average molecular weight is 545 g/mol. The van der Waals surface area contributed by atoms with Crippen molar-refractivity contribution < 1.29 is 14.3 Å². The molecule has 0 bridgehead atoms. The molecule has 0 aliphatic carbocycles. The van der Waals surface area contributed by atoms with E-state index in [-0.39, 0.29) is 11.7 Å². The largest absolute Gasteiger partial charge is 0.489 e. The van der Waals surface area contributed by atoms with E-state index in [2.05, 4.69) is 4.99 Å². The smallest absolute Gasteiger partial charge is 0.338 e. The number of methoxy groups -OCH3 is 1. The molecule has 9 heteroatoms. The topological polar surface area (TPSA) is 69.9 Å². The molecule has 0 N–H and O–H groups in total. The van der Waals surface area contributed by atoms with Gasteiger partial charge in [-0.3, -0.25) is 9.36 Å². The second-order valence-electron chi connectivity index (χ2n) is 8.34. The Morgan fingerprint density at radius 1 is 1.22 bits per heavy atom. The summed E-state index contributed by atoms with van der Waals surface area (Å²) in [6, 6.07) is 12.1. The molecule has 0 spiro atoms. The predicted octanol–water partition coefficient (Wildman–Crippen LogP) is 5.28. The molecule has 1 aliphatic rings. The zero-order valence-electron chi connectivity index (χ0n) is 20.4. The van der Waals surface area contributed by atoms with E-state index in [4.69, 9.17) is 32.7 Å². The first-order chi connectivity index (χ1) is 17.3. The molecule has 0 saturated carbocycles. The van der Waals surface area contributed by atoms with Gasteiger partial charge in [-0.2, -0.15) is 0 Å². The minimum absolute atomic E-state index is 0.0788. The third kappa shape index (κ3) is 5.01. The number of carbonyl (C=O) groups is 1. The number of carbonyl (C=O) groups excluding carboxylic acids is 1. The highest BCUT2D eigenvalue weighted by Crippen LogP contribution is 2.34. The molecule has 0 fully saturated rings. The fourth-order valence-electron chi connectivity index (χ4n) is 4.05. The Labute approximate surface area is 223 Å². The normalized spacial score (nSPS) is 16.4. The Balaban J connectivity index is 1.99. The van der Waals surface area contributed by atoms with Crippen LogP contribution >= 0.6 is 34.5 Å². The lowest BCUT2D eigenvalue weighted by Gasteiger charge is -2.25. The van der Waals surface area contributed by atoms with Gasteiger partial charge in [0.05, 0.1) is 40.1 Å². The summed E-state index contributed by atoms with van der Waals surface area (Å²) in [5, 5.41) is 0.796. The number of aromatic nitrogens is 1. The summed E-state index contributed by atoms with van der Waals surface area (Å²) in [5.74, 6) is -0.0463. The second kappa shape index (κ2) is 11.0. The molecule has 188 valence electrons. The monoisotopic (exact) mass is 544 g/mol. The van der Waals surface area contributed by atoms with Gasteiger partial charge < -0.3 is 9.47 Å². The van der Waals surface area contributed by atoms with Gasteiger partial charge in [0.2, 0.25) is 0 Å². The number of rotatable bonds is 7. The summed E-state index contributed by atoms with van der Waals surface area (Å²) >= 11 is 14.0. The SMILES string of the molecule is CCC1=C(C(=O)OC)[C@H](c2ccccc2)n2c(s/c(=C/c3cc(Cl)cc(Cl)c3O[C@@H](C)CC)c2=O)=N1. The van der Waals surface area contributed by atoms with Crippen LogP contribution in [0.5, 0.6) is 5.75 Å². The Morgan fingerprint density at radius 2 is 1.94 bits per heavy atom. The van der Waals surface area contributed by atoms with Gasteiger partial charge >= 0.3 is 5.97 Å². The van der Waals surface area contributed by atoms with E-state index in [9.17, 15) is 9.59 Å². The van der Waals surface area contributed by atoms with E-state index in [0.29, 0.717) is 48.4 Å². The Bertz CT molecular complexity index is 1510. The molecule has 2 aromatic carbocycles. The molecule has 1 aromatic heterocycles. The molecule has 2 atom stereocenters. The lowest BCUT2D eigenvalue weighted by atomic mass is 9.95. The molecule has 6 nitrogen and oxygen atoms in total. The highest BCUT2D eigenvalue weighted by Gasteiger charge is 2.33. The van der Waals surface area contributed by atoms with Crippen molar-refractivity contribution in [3.8, 4) is 5.75 Å². The van der Waals surface area contributed by atoms with Crippen LogP contribution in [-0.2, 0) is 9.53 Å². The predicted molar refractivity (Wildman–Crippen MR) is 144 cm³/mol. The van der Waals surface area contributed by atoms with E-state index >= 15 is 0 Å². The van der Waals surface area contributed by atoms with Gasteiger partial charge in [0.1, 0.15) is 5.75 Å². The van der Waals surface area contributed by atoms with Gasteiger partial charge in [0, 0.05) is 10.6 Å². The van der Waals surface area contributed by atoms with Crippen LogP contribution in [0.2, 0.25) is 10.0 Å². The molecular formula is C27H26Cl2N2O4S. The number of esters is 1. The first kappa shape index (κ1) is 26.2. The quantitative estimate of drug-likeness (QED) is 0.379. The zero-order chi connectivity index (χ0) is 26.0. The number of halogens is 2. The van der Waals surface area contributed by atoms with Crippen molar-refractivity contribution in [3.05, 3.63) is 94.6 Å². The lowest BCUT2D eigenvalue weighted by Crippen LogP contribution is -2.40. The van der Waals surface area contributed by atoms with Crippen LogP contribution in [0, 0.1) is 0 Å². The van der Waals surface area contributed by atoms with Gasteiger partial charge in [-0.15, -0.1) is 0 Å². The summed E-state index contributed by atoms with van der Waals surface area (Å²) in [6.45, 7) is 5.88. The molecule has 4 rings (SSSR count). The Morgan fingerprint density at radius 3 is 2.58 bits per heavy atom. The van der Waals surface area contributed by atoms with Crippen LogP contribution in [0.25, 0.3) is 6.08 Å². The maximum absolute atomic E-state index is 13.8. The summed E-state index contributed by atoms with van der Waals surface area (Å²) < 4.78 is 13.1. The third-order valence-corrected chi connectivity index (χ3v) is 7.47. The number of hydrogen-bond donors (Lipinski definition) is 0. The van der Waals surface area contributed by atoms with Crippen LogP contribution in [-0.4, -0.2) is 23.8 Å². The van der Waals surface area contributed by atoms with Gasteiger partial charge in [-0.25, -0.2) is 9.79 Å². The Hall–Kier alpha value is -2.87. The van der Waals surface area contributed by atoms with Crippen LogP contribution in [0.3, 0.4) is 0 Å². The number of nitrogens with zero attached hydrogens (tertiary/aromatic N) is 2. The molecule has 3 aromatic rings. The molecule has 2 heterocycles. The standard InChI is InChI=1S/C27H26Cl2N2O4S/c1-5-15(3)35-24-17(12-18(28)14-19(24)29)13-21-25(32)31-23(16-10-8-7-9-11-16)22(26(33)34-4)20(6-2)30-27(31)36-21/h7-15,23H,5-6H2,1-4H3/b21-13+/t15-,23-/m0/s1. The van der Waals surface area contributed by atoms with Crippen molar-refractivity contribution in [2.45, 2.75) is 45.8 Å². The Kier molecular flexibility index (Phi) is 8.03. The fourth-order valence-corrected chi connectivity index (χ4v) is 5.62. The maximum atomic E-state index is 13.8. The van der Waals surface area contributed by atoms with Crippen molar-refractivity contribution >= 4 is 46.6 Å². The summed E-state index contributed by atoms with van der Waals surface area (Å²) in [7, 11) is 1.33. The molecule has 1 aliphatic heterocycles.